The molecule has 0 aromatic heterocycles. The smallest absolute Gasteiger partial charge is 0.272 e. The van der Waals surface area contributed by atoms with E-state index in [1.54, 1.807) is 0 Å². The highest BCUT2D eigenvalue weighted by Crippen LogP contribution is 2.21. The Morgan fingerprint density at radius 1 is 1.47 bits per heavy atom. The summed E-state index contributed by atoms with van der Waals surface area (Å²) in [6, 6.07) is 3.54. The molecule has 94 valence electrons. The van der Waals surface area contributed by atoms with Crippen molar-refractivity contribution in [3.63, 3.8) is 0 Å². The third-order valence-electron chi connectivity index (χ3n) is 2.68. The fraction of sp³-hybridized carbons (Fsp3) is 0.500. The van der Waals surface area contributed by atoms with Crippen LogP contribution in [0, 0.1) is 15.9 Å². The molecule has 1 aromatic carbocycles. The first-order chi connectivity index (χ1) is 8.04. The first kappa shape index (κ1) is 13.6. The Morgan fingerprint density at radius 3 is 2.76 bits per heavy atom. The number of hydrogen-bond donors (Lipinski definition) is 1. The summed E-state index contributed by atoms with van der Waals surface area (Å²) in [7, 11) is 0. The molecule has 5 heteroatoms. The number of aryl methyl sites for hydroxylation is 1. The summed E-state index contributed by atoms with van der Waals surface area (Å²) in [6.45, 7) is 2.03. The van der Waals surface area contributed by atoms with E-state index in [0.717, 1.165) is 18.9 Å². The van der Waals surface area contributed by atoms with Gasteiger partial charge in [-0.15, -0.1) is 0 Å². The van der Waals surface area contributed by atoms with E-state index in [1.165, 1.54) is 12.1 Å². The first-order valence-corrected chi connectivity index (χ1v) is 5.73. The van der Waals surface area contributed by atoms with Gasteiger partial charge in [-0.2, -0.15) is 0 Å². The summed E-state index contributed by atoms with van der Waals surface area (Å²) >= 11 is 0. The van der Waals surface area contributed by atoms with Crippen LogP contribution in [0.3, 0.4) is 0 Å². The molecule has 17 heavy (non-hydrogen) atoms. The number of nitrogens with zero attached hydrogens (tertiary/aromatic N) is 1. The van der Waals surface area contributed by atoms with Gasteiger partial charge in [-0.1, -0.05) is 13.3 Å². The van der Waals surface area contributed by atoms with Crippen molar-refractivity contribution in [3.8, 4) is 0 Å². The summed E-state index contributed by atoms with van der Waals surface area (Å²) in [5.74, 6) is -0.449. The molecular weight excluding hydrogens is 223 g/mol. The maximum absolute atomic E-state index is 13.0. The van der Waals surface area contributed by atoms with Gasteiger partial charge in [-0.3, -0.25) is 10.1 Å². The molecule has 1 aromatic rings. The van der Waals surface area contributed by atoms with Crippen molar-refractivity contribution in [1.82, 2.24) is 0 Å². The predicted molar refractivity (Wildman–Crippen MR) is 64.3 cm³/mol. The zero-order chi connectivity index (χ0) is 12.8. The lowest BCUT2D eigenvalue weighted by Gasteiger charge is -2.10. The Hall–Kier alpha value is -1.49. The minimum Gasteiger partial charge on any atom is -0.328 e. The molecule has 0 saturated heterocycles. The fourth-order valence-electron chi connectivity index (χ4n) is 1.79. The maximum Gasteiger partial charge on any atom is 0.272 e. The van der Waals surface area contributed by atoms with Crippen LogP contribution in [0.4, 0.5) is 10.1 Å². The van der Waals surface area contributed by atoms with Crippen LogP contribution in [-0.4, -0.2) is 11.0 Å². The van der Waals surface area contributed by atoms with Crippen LogP contribution in [0.15, 0.2) is 18.2 Å². The first-order valence-electron chi connectivity index (χ1n) is 5.73. The van der Waals surface area contributed by atoms with Crippen molar-refractivity contribution in [2.45, 2.75) is 38.6 Å². The maximum atomic E-state index is 13.0. The van der Waals surface area contributed by atoms with E-state index in [2.05, 4.69) is 0 Å². The van der Waals surface area contributed by atoms with Crippen LogP contribution in [0.5, 0.6) is 0 Å². The molecule has 2 N–H and O–H groups in total. The number of hydrogen-bond acceptors (Lipinski definition) is 3. The molecule has 1 unspecified atom stereocenters. The number of rotatable bonds is 6. The van der Waals surface area contributed by atoms with Gasteiger partial charge in [0.2, 0.25) is 0 Å². The second kappa shape index (κ2) is 6.30. The lowest BCUT2D eigenvalue weighted by atomic mass is 10.0. The zero-order valence-corrected chi connectivity index (χ0v) is 9.86. The number of nitro benzene ring substituents is 1. The fourth-order valence-corrected chi connectivity index (χ4v) is 1.79. The van der Waals surface area contributed by atoms with Crippen LogP contribution in [0.25, 0.3) is 0 Å². The van der Waals surface area contributed by atoms with Crippen molar-refractivity contribution < 1.29 is 9.31 Å². The van der Waals surface area contributed by atoms with Crippen LogP contribution >= 0.6 is 0 Å². The summed E-state index contributed by atoms with van der Waals surface area (Å²) < 4.78 is 13.0. The third kappa shape index (κ3) is 4.11. The monoisotopic (exact) mass is 240 g/mol. The molecular formula is C12H17FN2O2. The van der Waals surface area contributed by atoms with E-state index < -0.39 is 10.7 Å². The van der Waals surface area contributed by atoms with Crippen molar-refractivity contribution in [3.05, 3.63) is 39.7 Å². The molecule has 0 heterocycles. The van der Waals surface area contributed by atoms with Gasteiger partial charge in [0.05, 0.1) is 4.92 Å². The Labute approximate surface area is 99.8 Å². The van der Waals surface area contributed by atoms with Gasteiger partial charge in [-0.05, 0) is 31.4 Å². The lowest BCUT2D eigenvalue weighted by Crippen LogP contribution is -2.20. The average Bonchev–Trinajstić information content (AvgIpc) is 2.26. The highest BCUT2D eigenvalue weighted by Gasteiger charge is 2.15. The number of halogens is 1. The molecule has 0 radical (unpaired) electrons. The molecule has 0 aliphatic heterocycles. The van der Waals surface area contributed by atoms with E-state index in [-0.39, 0.29) is 11.7 Å². The topological polar surface area (TPSA) is 69.2 Å². The number of nitrogens with two attached hydrogens (primary N) is 1. The molecule has 1 rings (SSSR count). The molecule has 0 aliphatic carbocycles. The SMILES string of the molecule is CCCC(N)CCc1cc(F)ccc1[N+](=O)[O-]. The lowest BCUT2D eigenvalue weighted by molar-refractivity contribution is -0.385. The molecule has 0 spiro atoms. The van der Waals surface area contributed by atoms with Crippen molar-refractivity contribution >= 4 is 5.69 Å². The van der Waals surface area contributed by atoms with Gasteiger partial charge in [0.15, 0.2) is 0 Å². The summed E-state index contributed by atoms with van der Waals surface area (Å²) in [4.78, 5) is 10.3. The minimum absolute atomic E-state index is 0.0165. The highest BCUT2D eigenvalue weighted by atomic mass is 19.1. The number of nitro groups is 1. The second-order valence-corrected chi connectivity index (χ2v) is 4.12. The van der Waals surface area contributed by atoms with E-state index in [1.807, 2.05) is 6.92 Å². The van der Waals surface area contributed by atoms with Crippen LogP contribution in [-0.2, 0) is 6.42 Å². The predicted octanol–water partition coefficient (Wildman–Crippen LogP) is 2.79. The zero-order valence-electron chi connectivity index (χ0n) is 9.86. The minimum atomic E-state index is -0.486. The summed E-state index contributed by atoms with van der Waals surface area (Å²) in [6.07, 6.45) is 2.93. The van der Waals surface area contributed by atoms with Gasteiger partial charge in [0.25, 0.3) is 5.69 Å². The molecule has 1 atom stereocenters. The molecule has 0 amide bonds. The quantitative estimate of drug-likeness (QED) is 0.614. The van der Waals surface area contributed by atoms with Gasteiger partial charge >= 0.3 is 0 Å². The molecule has 0 bridgehead atoms. The average molecular weight is 240 g/mol. The Bertz CT molecular complexity index is 396. The second-order valence-electron chi connectivity index (χ2n) is 4.12. The van der Waals surface area contributed by atoms with E-state index in [4.69, 9.17) is 5.73 Å². The standard InChI is InChI=1S/C12H17FN2O2/c1-2-3-11(14)6-4-9-8-10(13)5-7-12(9)15(16)17/h5,7-8,11H,2-4,6,14H2,1H3. The van der Waals surface area contributed by atoms with E-state index in [0.29, 0.717) is 18.4 Å². The van der Waals surface area contributed by atoms with Gasteiger partial charge < -0.3 is 5.73 Å². The summed E-state index contributed by atoms with van der Waals surface area (Å²) in [5, 5.41) is 10.8. The largest absolute Gasteiger partial charge is 0.328 e. The van der Waals surface area contributed by atoms with E-state index in [9.17, 15) is 14.5 Å². The molecule has 4 nitrogen and oxygen atoms in total. The van der Waals surface area contributed by atoms with Gasteiger partial charge in [-0.25, -0.2) is 4.39 Å². The van der Waals surface area contributed by atoms with Crippen LogP contribution < -0.4 is 5.73 Å². The van der Waals surface area contributed by atoms with Crippen LogP contribution in [0.2, 0.25) is 0 Å². The highest BCUT2D eigenvalue weighted by molar-refractivity contribution is 5.40. The molecule has 0 aliphatic rings. The molecule has 0 fully saturated rings. The van der Waals surface area contributed by atoms with Crippen molar-refractivity contribution in [2.75, 3.05) is 0 Å². The van der Waals surface area contributed by atoms with Crippen molar-refractivity contribution in [1.29, 1.82) is 0 Å². The van der Waals surface area contributed by atoms with Gasteiger partial charge in [0, 0.05) is 17.7 Å². The Kier molecular flexibility index (Phi) is 5.03. The Balaban J connectivity index is 2.75. The summed E-state index contributed by atoms with van der Waals surface area (Å²) in [5.41, 5.74) is 6.22. The Morgan fingerprint density at radius 2 is 2.18 bits per heavy atom. The molecule has 0 saturated carbocycles. The van der Waals surface area contributed by atoms with Crippen LogP contribution in [0.1, 0.15) is 31.7 Å². The van der Waals surface area contributed by atoms with E-state index >= 15 is 0 Å². The van der Waals surface area contributed by atoms with Crippen molar-refractivity contribution in [2.24, 2.45) is 5.73 Å². The third-order valence-corrected chi connectivity index (χ3v) is 2.68. The van der Waals surface area contributed by atoms with Gasteiger partial charge in [0.1, 0.15) is 5.82 Å². The number of benzene rings is 1. The normalized spacial score (nSPS) is 12.4.